The fraction of sp³-hybridized carbons (Fsp3) is 0.462. The van der Waals surface area contributed by atoms with Gasteiger partial charge in [0.25, 0.3) is 0 Å². The zero-order chi connectivity index (χ0) is 13.1. The van der Waals surface area contributed by atoms with Crippen molar-refractivity contribution in [2.24, 2.45) is 5.73 Å². The first kappa shape index (κ1) is 13.2. The maximum absolute atomic E-state index is 11.5. The van der Waals surface area contributed by atoms with E-state index in [9.17, 15) is 9.90 Å². The molecule has 1 heterocycles. The van der Waals surface area contributed by atoms with Gasteiger partial charge in [0.2, 0.25) is 5.91 Å². The van der Waals surface area contributed by atoms with Crippen molar-refractivity contribution in [1.82, 2.24) is 0 Å². The molecule has 5 heteroatoms. The molecule has 18 heavy (non-hydrogen) atoms. The number of primary amides is 1. The van der Waals surface area contributed by atoms with Crippen LogP contribution in [-0.2, 0) is 11.4 Å². The van der Waals surface area contributed by atoms with Crippen LogP contribution in [0.5, 0.6) is 0 Å². The molecule has 1 atom stereocenters. The average Bonchev–Trinajstić information content (AvgIpc) is 2.38. The van der Waals surface area contributed by atoms with E-state index in [4.69, 9.17) is 17.3 Å². The fourth-order valence-corrected chi connectivity index (χ4v) is 2.62. The smallest absolute Gasteiger partial charge is 0.240 e. The first-order valence-electron chi connectivity index (χ1n) is 6.08. The summed E-state index contributed by atoms with van der Waals surface area (Å²) in [5.74, 6) is -0.321. The molecular formula is C13H17ClN2O2. The van der Waals surface area contributed by atoms with Gasteiger partial charge in [-0.15, -0.1) is 0 Å². The van der Waals surface area contributed by atoms with E-state index in [2.05, 4.69) is 0 Å². The molecule has 4 nitrogen and oxygen atoms in total. The molecule has 1 fully saturated rings. The van der Waals surface area contributed by atoms with Crippen molar-refractivity contribution in [3.8, 4) is 0 Å². The third kappa shape index (κ3) is 2.60. The zero-order valence-electron chi connectivity index (χ0n) is 10.1. The van der Waals surface area contributed by atoms with Crippen LogP contribution >= 0.6 is 11.6 Å². The molecule has 3 N–H and O–H groups in total. The lowest BCUT2D eigenvalue weighted by atomic mass is 9.99. The second kappa shape index (κ2) is 5.59. The summed E-state index contributed by atoms with van der Waals surface area (Å²) in [6, 6.07) is 5.00. The van der Waals surface area contributed by atoms with Crippen LogP contribution in [0.4, 0.5) is 5.69 Å². The molecule has 1 aliphatic rings. The highest BCUT2D eigenvalue weighted by Gasteiger charge is 2.28. The van der Waals surface area contributed by atoms with Crippen molar-refractivity contribution in [3.63, 3.8) is 0 Å². The molecule has 0 spiro atoms. The van der Waals surface area contributed by atoms with E-state index >= 15 is 0 Å². The van der Waals surface area contributed by atoms with Gasteiger partial charge in [0, 0.05) is 22.8 Å². The second-order valence-corrected chi connectivity index (χ2v) is 4.97. The van der Waals surface area contributed by atoms with Gasteiger partial charge < -0.3 is 15.7 Å². The number of aliphatic hydroxyl groups is 1. The molecule has 0 bridgehead atoms. The highest BCUT2D eigenvalue weighted by Crippen LogP contribution is 2.30. The van der Waals surface area contributed by atoms with Gasteiger partial charge in [-0.3, -0.25) is 4.79 Å². The molecule has 0 aromatic heterocycles. The Morgan fingerprint density at radius 1 is 1.50 bits per heavy atom. The van der Waals surface area contributed by atoms with Gasteiger partial charge in [0.05, 0.1) is 6.61 Å². The summed E-state index contributed by atoms with van der Waals surface area (Å²) in [5.41, 5.74) is 7.03. The summed E-state index contributed by atoms with van der Waals surface area (Å²) in [7, 11) is 0. The number of carbonyl (C=O) groups is 1. The van der Waals surface area contributed by atoms with Gasteiger partial charge in [-0.2, -0.15) is 0 Å². The Hall–Kier alpha value is -1.26. The van der Waals surface area contributed by atoms with Crippen LogP contribution in [-0.4, -0.2) is 23.6 Å². The summed E-state index contributed by atoms with van der Waals surface area (Å²) < 4.78 is 0. The molecule has 0 saturated carbocycles. The summed E-state index contributed by atoms with van der Waals surface area (Å²) in [4.78, 5) is 13.5. The predicted octanol–water partition coefficient (Wildman–Crippen LogP) is 1.68. The van der Waals surface area contributed by atoms with Crippen molar-refractivity contribution in [2.75, 3.05) is 11.4 Å². The molecule has 1 aromatic rings. The quantitative estimate of drug-likeness (QED) is 0.876. The Labute approximate surface area is 111 Å². The number of anilines is 1. The Morgan fingerprint density at radius 2 is 2.28 bits per heavy atom. The van der Waals surface area contributed by atoms with Crippen molar-refractivity contribution in [2.45, 2.75) is 31.9 Å². The van der Waals surface area contributed by atoms with Crippen molar-refractivity contribution in [1.29, 1.82) is 0 Å². The molecule has 1 amide bonds. The Balaban J connectivity index is 2.38. The zero-order valence-corrected chi connectivity index (χ0v) is 10.9. The number of carbonyl (C=O) groups excluding carboxylic acids is 1. The SMILES string of the molecule is NC(=O)C1CCCCN1c1cc(Cl)ccc1CO. The van der Waals surface area contributed by atoms with Crippen LogP contribution in [0.25, 0.3) is 0 Å². The van der Waals surface area contributed by atoms with Gasteiger partial charge in [0.15, 0.2) is 0 Å². The number of piperidine rings is 1. The van der Waals surface area contributed by atoms with Gasteiger partial charge in [-0.05, 0) is 31.4 Å². The number of rotatable bonds is 3. The minimum Gasteiger partial charge on any atom is -0.392 e. The third-order valence-corrected chi connectivity index (χ3v) is 3.59. The Bertz CT molecular complexity index is 451. The number of nitrogens with zero attached hydrogens (tertiary/aromatic N) is 1. The lowest BCUT2D eigenvalue weighted by Gasteiger charge is -2.36. The topological polar surface area (TPSA) is 66.6 Å². The number of hydrogen-bond acceptors (Lipinski definition) is 3. The number of halogens is 1. The van der Waals surface area contributed by atoms with Crippen LogP contribution in [0.2, 0.25) is 5.02 Å². The third-order valence-electron chi connectivity index (χ3n) is 3.36. The van der Waals surface area contributed by atoms with Gasteiger partial charge in [-0.25, -0.2) is 0 Å². The molecule has 2 rings (SSSR count). The highest BCUT2D eigenvalue weighted by atomic mass is 35.5. The highest BCUT2D eigenvalue weighted by molar-refractivity contribution is 6.30. The normalized spacial score (nSPS) is 19.9. The first-order valence-corrected chi connectivity index (χ1v) is 6.46. The van der Waals surface area contributed by atoms with E-state index in [1.54, 1.807) is 18.2 Å². The number of amides is 1. The molecule has 1 saturated heterocycles. The summed E-state index contributed by atoms with van der Waals surface area (Å²) in [6.45, 7) is 0.690. The molecule has 98 valence electrons. The van der Waals surface area contributed by atoms with E-state index in [1.165, 1.54) is 0 Å². The average molecular weight is 269 g/mol. The summed E-state index contributed by atoms with van der Waals surface area (Å²) in [6.07, 6.45) is 2.77. The Morgan fingerprint density at radius 3 is 2.94 bits per heavy atom. The predicted molar refractivity (Wildman–Crippen MR) is 71.6 cm³/mol. The van der Waals surface area contributed by atoms with E-state index in [-0.39, 0.29) is 18.6 Å². The van der Waals surface area contributed by atoms with E-state index in [1.807, 2.05) is 4.90 Å². The summed E-state index contributed by atoms with van der Waals surface area (Å²) in [5, 5.41) is 9.97. The minimum absolute atomic E-state index is 0.0749. The monoisotopic (exact) mass is 268 g/mol. The Kier molecular flexibility index (Phi) is 4.09. The number of nitrogens with two attached hydrogens (primary N) is 1. The van der Waals surface area contributed by atoms with Crippen LogP contribution in [0.3, 0.4) is 0 Å². The van der Waals surface area contributed by atoms with Crippen molar-refractivity contribution >= 4 is 23.2 Å². The van der Waals surface area contributed by atoms with Crippen molar-refractivity contribution in [3.05, 3.63) is 28.8 Å². The second-order valence-electron chi connectivity index (χ2n) is 4.54. The van der Waals surface area contributed by atoms with Crippen LogP contribution in [0.15, 0.2) is 18.2 Å². The van der Waals surface area contributed by atoms with Gasteiger partial charge >= 0.3 is 0 Å². The van der Waals surface area contributed by atoms with Crippen LogP contribution in [0.1, 0.15) is 24.8 Å². The van der Waals surface area contributed by atoms with E-state index in [0.29, 0.717) is 5.02 Å². The van der Waals surface area contributed by atoms with Gasteiger partial charge in [0.1, 0.15) is 6.04 Å². The lowest BCUT2D eigenvalue weighted by Crippen LogP contribution is -2.48. The maximum atomic E-state index is 11.5. The molecule has 0 aliphatic carbocycles. The molecule has 1 unspecified atom stereocenters. The number of aliphatic hydroxyl groups excluding tert-OH is 1. The van der Waals surface area contributed by atoms with Gasteiger partial charge in [-0.1, -0.05) is 17.7 Å². The molecule has 1 aromatic carbocycles. The standard InChI is InChI=1S/C13H17ClN2O2/c14-10-5-4-9(8-17)12(7-10)16-6-2-1-3-11(16)13(15)18/h4-5,7,11,17H,1-3,6,8H2,(H2,15,18). The number of benzene rings is 1. The fourth-order valence-electron chi connectivity index (χ4n) is 2.45. The molecule has 0 radical (unpaired) electrons. The molecule has 1 aliphatic heterocycles. The lowest BCUT2D eigenvalue weighted by molar-refractivity contribution is -0.119. The molecular weight excluding hydrogens is 252 g/mol. The first-order chi connectivity index (χ1) is 8.63. The van der Waals surface area contributed by atoms with Crippen molar-refractivity contribution < 1.29 is 9.90 Å². The van der Waals surface area contributed by atoms with E-state index < -0.39 is 0 Å². The summed E-state index contributed by atoms with van der Waals surface area (Å²) >= 11 is 6.00. The maximum Gasteiger partial charge on any atom is 0.240 e. The largest absolute Gasteiger partial charge is 0.392 e. The minimum atomic E-state index is -0.321. The van der Waals surface area contributed by atoms with Crippen LogP contribution in [0, 0.1) is 0 Å². The number of hydrogen-bond donors (Lipinski definition) is 2. The van der Waals surface area contributed by atoms with E-state index in [0.717, 1.165) is 37.1 Å². The van der Waals surface area contributed by atoms with Crippen LogP contribution < -0.4 is 10.6 Å².